The van der Waals surface area contributed by atoms with Gasteiger partial charge in [0, 0.05) is 30.1 Å². The molecule has 2 aliphatic heterocycles. The van der Waals surface area contributed by atoms with Crippen LogP contribution in [0.5, 0.6) is 11.5 Å². The fourth-order valence-corrected chi connectivity index (χ4v) is 6.95. The van der Waals surface area contributed by atoms with Crippen LogP contribution in [0.1, 0.15) is 42.1 Å². The van der Waals surface area contributed by atoms with Crippen molar-refractivity contribution in [2.45, 2.75) is 54.9 Å². The number of likely N-dealkylation sites (tertiary alicyclic amines) is 1. The highest BCUT2D eigenvalue weighted by molar-refractivity contribution is 5.85. The Labute approximate surface area is 245 Å². The summed E-state index contributed by atoms with van der Waals surface area (Å²) < 4.78 is 23.7. The van der Waals surface area contributed by atoms with Gasteiger partial charge >= 0.3 is 11.9 Å². The summed E-state index contributed by atoms with van der Waals surface area (Å²) in [6.07, 6.45) is 1.34. The molecule has 2 aromatic carbocycles. The van der Waals surface area contributed by atoms with Gasteiger partial charge in [0.05, 0.1) is 24.5 Å². The van der Waals surface area contributed by atoms with Gasteiger partial charge in [-0.1, -0.05) is 36.4 Å². The van der Waals surface area contributed by atoms with Crippen LogP contribution in [-0.2, 0) is 30.9 Å². The zero-order chi connectivity index (χ0) is 26.7. The van der Waals surface area contributed by atoms with Crippen LogP contribution in [0.25, 0.3) is 0 Å². The van der Waals surface area contributed by atoms with Gasteiger partial charge < -0.3 is 34.7 Å². The Morgan fingerprint density at radius 2 is 1.95 bits per heavy atom. The molecule has 2 bridgehead atoms. The Bertz CT molecular complexity index is 1320. The molecule has 6 rings (SSSR count). The second-order valence-corrected chi connectivity index (χ2v) is 10.5. The van der Waals surface area contributed by atoms with Crippen LogP contribution in [0.4, 0.5) is 0 Å². The average molecular weight is 594 g/mol. The highest BCUT2D eigenvalue weighted by atomic mass is 35.5. The number of methoxy groups -OCH3 is 1. The van der Waals surface area contributed by atoms with Crippen LogP contribution in [0.2, 0.25) is 0 Å². The summed E-state index contributed by atoms with van der Waals surface area (Å²) in [6.45, 7) is 0.864. The lowest BCUT2D eigenvalue weighted by Gasteiger charge is -2.61. The van der Waals surface area contributed by atoms with E-state index in [0.29, 0.717) is 42.1 Å². The topological polar surface area (TPSA) is 121 Å². The maximum atomic E-state index is 13.6. The smallest absolute Gasteiger partial charge is 0.357 e. The van der Waals surface area contributed by atoms with Gasteiger partial charge in [-0.25, -0.2) is 4.79 Å². The van der Waals surface area contributed by atoms with Crippen molar-refractivity contribution in [3.8, 4) is 11.5 Å². The van der Waals surface area contributed by atoms with Gasteiger partial charge in [-0.05, 0) is 44.1 Å². The number of piperidine rings is 1. The first-order valence-corrected chi connectivity index (χ1v) is 13.0. The van der Waals surface area contributed by atoms with E-state index in [1.54, 1.807) is 37.5 Å². The summed E-state index contributed by atoms with van der Waals surface area (Å²) in [5.74, 6) is 0.157. The van der Waals surface area contributed by atoms with Crippen molar-refractivity contribution in [3.63, 3.8) is 0 Å². The molecule has 11 heteroatoms. The van der Waals surface area contributed by atoms with Crippen LogP contribution in [0.15, 0.2) is 54.3 Å². The normalized spacial score (nSPS) is 27.9. The zero-order valence-electron chi connectivity index (χ0n) is 22.3. The molecule has 3 N–H and O–H groups in total. The zero-order valence-corrected chi connectivity index (χ0v) is 24.0. The predicted molar refractivity (Wildman–Crippen MR) is 151 cm³/mol. The quantitative estimate of drug-likeness (QED) is 0.467. The van der Waals surface area contributed by atoms with Crippen molar-refractivity contribution in [3.05, 3.63) is 71.0 Å². The minimum absolute atomic E-state index is 0. The molecule has 0 saturated carbocycles. The van der Waals surface area contributed by atoms with Crippen molar-refractivity contribution in [1.29, 1.82) is 0 Å². The second kappa shape index (κ2) is 11.2. The molecule has 2 aromatic rings. The number of ether oxygens (including phenoxy) is 4. The minimum Gasteiger partial charge on any atom is -0.493 e. The number of carbonyl (C=O) groups is 2. The number of halogens is 2. The molecule has 9 nitrogen and oxygen atoms in total. The molecule has 216 valence electrons. The molecule has 1 saturated heterocycles. The van der Waals surface area contributed by atoms with E-state index < -0.39 is 35.2 Å². The number of nitrogens with zero attached hydrogens (tertiary/aromatic N) is 1. The fraction of sp³-hybridized carbons (Fsp3) is 0.448. The Morgan fingerprint density at radius 3 is 2.65 bits per heavy atom. The largest absolute Gasteiger partial charge is 0.493 e. The number of carbonyl (C=O) groups excluding carboxylic acids is 2. The maximum Gasteiger partial charge on any atom is 0.357 e. The first-order valence-electron chi connectivity index (χ1n) is 13.0. The van der Waals surface area contributed by atoms with E-state index in [0.717, 1.165) is 17.7 Å². The van der Waals surface area contributed by atoms with E-state index >= 15 is 0 Å². The van der Waals surface area contributed by atoms with Crippen molar-refractivity contribution < 1.29 is 33.6 Å². The molecule has 0 aromatic heterocycles. The average Bonchev–Trinajstić information content (AvgIpc) is 3.27. The summed E-state index contributed by atoms with van der Waals surface area (Å²) in [6, 6.07) is 12.6. The van der Waals surface area contributed by atoms with Crippen molar-refractivity contribution in [2.75, 3.05) is 27.2 Å². The van der Waals surface area contributed by atoms with Crippen LogP contribution in [-0.4, -0.2) is 66.9 Å². The number of esters is 2. The number of rotatable bonds is 7. The fourth-order valence-electron chi connectivity index (χ4n) is 6.95. The van der Waals surface area contributed by atoms with Gasteiger partial charge in [0.15, 0.2) is 17.6 Å². The predicted octanol–water partition coefficient (Wildman–Crippen LogP) is 2.99. The van der Waals surface area contributed by atoms with Crippen LogP contribution < -0.4 is 15.2 Å². The van der Waals surface area contributed by atoms with Gasteiger partial charge in [0.2, 0.25) is 6.10 Å². The molecule has 4 aliphatic rings. The van der Waals surface area contributed by atoms with E-state index in [1.807, 2.05) is 25.2 Å². The van der Waals surface area contributed by atoms with Gasteiger partial charge in [0.1, 0.15) is 5.76 Å². The molecular formula is C29H34Cl2N2O7. The van der Waals surface area contributed by atoms with E-state index in [1.165, 1.54) is 0 Å². The number of benzene rings is 2. The van der Waals surface area contributed by atoms with E-state index in [-0.39, 0.29) is 43.8 Å². The molecule has 0 radical (unpaired) electrons. The number of aliphatic hydroxyl groups is 1. The second-order valence-electron chi connectivity index (χ2n) is 10.5. The standard InChI is InChI=1S/C29H32N2O7.2ClH/c1-31-15-13-28-23-18-8-9-19(35-2)25(23)38-26(28)20(10-12-29(28,34)21(31)16-18)36-27(33)24(37-22(32)11-14-30)17-6-4-3-5-7-17;;/h3-10,21,24,26,34H,11-16,30H2,1-2H3;2*1H/t21-,24-,26-,28-,29+;;/m0../s1. The number of nitrogens with two attached hydrogens (primary N) is 1. The molecule has 0 amide bonds. The third kappa shape index (κ3) is 4.26. The molecule has 2 heterocycles. The highest BCUT2D eigenvalue weighted by Crippen LogP contribution is 2.65. The lowest BCUT2D eigenvalue weighted by atomic mass is 9.50. The lowest BCUT2D eigenvalue weighted by Crippen LogP contribution is -2.74. The first kappa shape index (κ1) is 30.1. The van der Waals surface area contributed by atoms with Crippen molar-refractivity contribution in [1.82, 2.24) is 4.90 Å². The first-order chi connectivity index (χ1) is 18.3. The Kier molecular flexibility index (Phi) is 8.45. The molecule has 0 unspecified atom stereocenters. The summed E-state index contributed by atoms with van der Waals surface area (Å²) in [4.78, 5) is 28.1. The molecule has 1 fully saturated rings. The third-order valence-corrected chi connectivity index (χ3v) is 8.69. The van der Waals surface area contributed by atoms with Crippen LogP contribution in [0.3, 0.4) is 0 Å². The molecular weight excluding hydrogens is 559 g/mol. The van der Waals surface area contributed by atoms with Gasteiger partial charge in [0.25, 0.3) is 0 Å². The summed E-state index contributed by atoms with van der Waals surface area (Å²) in [5.41, 5.74) is 6.14. The maximum absolute atomic E-state index is 13.6. The van der Waals surface area contributed by atoms with E-state index in [4.69, 9.17) is 24.7 Å². The molecule has 5 atom stereocenters. The summed E-state index contributed by atoms with van der Waals surface area (Å²) in [5, 5.41) is 12.3. The third-order valence-electron chi connectivity index (χ3n) is 8.69. The van der Waals surface area contributed by atoms with Gasteiger partial charge in [-0.2, -0.15) is 0 Å². The number of likely N-dealkylation sites (N-methyl/N-ethyl adjacent to an activating group) is 1. The molecule has 1 spiro atoms. The van der Waals surface area contributed by atoms with Crippen molar-refractivity contribution in [2.24, 2.45) is 5.73 Å². The van der Waals surface area contributed by atoms with Crippen molar-refractivity contribution >= 4 is 36.8 Å². The summed E-state index contributed by atoms with van der Waals surface area (Å²) >= 11 is 0. The SMILES string of the molecule is COc1ccc2c3c1O[C@H]1C(OC(=O)[C@@H](OC(=O)CCN)c4ccccc4)=CC[C@@]4(O)[C@H](C2)N(C)CC[C@]314.Cl.Cl. The van der Waals surface area contributed by atoms with Crippen LogP contribution >= 0.6 is 24.8 Å². The van der Waals surface area contributed by atoms with Crippen LogP contribution in [0, 0.1) is 0 Å². The Hall–Kier alpha value is -2.82. The van der Waals surface area contributed by atoms with Gasteiger partial charge in [-0.3, -0.25) is 4.79 Å². The Morgan fingerprint density at radius 1 is 1.20 bits per heavy atom. The number of hydrogen-bond donors (Lipinski definition) is 2. The summed E-state index contributed by atoms with van der Waals surface area (Å²) in [7, 11) is 3.62. The molecule has 40 heavy (non-hydrogen) atoms. The lowest BCUT2D eigenvalue weighted by molar-refractivity contribution is -0.176. The number of hydrogen-bond acceptors (Lipinski definition) is 9. The highest BCUT2D eigenvalue weighted by Gasteiger charge is 2.72. The monoisotopic (exact) mass is 592 g/mol. The van der Waals surface area contributed by atoms with E-state index in [9.17, 15) is 14.7 Å². The van der Waals surface area contributed by atoms with Gasteiger partial charge in [-0.15, -0.1) is 24.8 Å². The van der Waals surface area contributed by atoms with E-state index in [2.05, 4.69) is 4.90 Å². The molecule has 2 aliphatic carbocycles. The Balaban J connectivity index is 0.00000185. The minimum atomic E-state index is -1.26.